The first-order valence-electron chi connectivity index (χ1n) is 9.27. The minimum absolute atomic E-state index is 0.0182. The third-order valence-corrected chi connectivity index (χ3v) is 4.33. The minimum atomic E-state index is -0.382. The van der Waals surface area contributed by atoms with Gasteiger partial charge in [-0.1, -0.05) is 0 Å². The maximum atomic E-state index is 12.9. The van der Waals surface area contributed by atoms with E-state index in [1.54, 1.807) is 26.1 Å². The highest BCUT2D eigenvalue weighted by Crippen LogP contribution is 2.32. The highest BCUT2D eigenvalue weighted by atomic mass is 19.1. The van der Waals surface area contributed by atoms with E-state index in [4.69, 9.17) is 9.47 Å². The number of ether oxygens (including phenoxy) is 2. The van der Waals surface area contributed by atoms with Crippen LogP contribution in [0.2, 0.25) is 0 Å². The van der Waals surface area contributed by atoms with Crippen molar-refractivity contribution in [2.45, 2.75) is 25.8 Å². The number of amides is 1. The van der Waals surface area contributed by atoms with Gasteiger partial charge in [0, 0.05) is 20.6 Å². The summed E-state index contributed by atoms with van der Waals surface area (Å²) in [6.07, 6.45) is 1.84. The van der Waals surface area contributed by atoms with E-state index in [1.807, 2.05) is 11.9 Å². The monoisotopic (exact) mass is 380 g/mol. The molecule has 0 spiro atoms. The molecule has 1 aliphatic carbocycles. The van der Waals surface area contributed by atoms with Gasteiger partial charge in [-0.15, -0.1) is 0 Å². The molecule has 1 fully saturated rings. The number of rotatable bonds is 9. The van der Waals surface area contributed by atoms with Gasteiger partial charge in [0.2, 0.25) is 0 Å². The summed E-state index contributed by atoms with van der Waals surface area (Å²) in [5.74, 6) is 1.53. The van der Waals surface area contributed by atoms with Crippen LogP contribution in [0.25, 0.3) is 0 Å². The van der Waals surface area contributed by atoms with E-state index < -0.39 is 0 Å². The molecule has 1 saturated carbocycles. The lowest BCUT2D eigenvalue weighted by atomic mass is 10.2. The third kappa shape index (κ3) is 7.32. The van der Waals surface area contributed by atoms with Crippen molar-refractivity contribution in [1.82, 2.24) is 15.5 Å². The predicted octanol–water partition coefficient (Wildman–Crippen LogP) is 2.24. The molecule has 0 saturated heterocycles. The summed E-state index contributed by atoms with van der Waals surface area (Å²) >= 11 is 0. The Kier molecular flexibility index (Phi) is 8.16. The summed E-state index contributed by atoms with van der Waals surface area (Å²) in [4.78, 5) is 17.9. The summed E-state index contributed by atoms with van der Waals surface area (Å²) in [5.41, 5.74) is 0. The van der Waals surface area contributed by atoms with Crippen LogP contribution in [-0.4, -0.2) is 63.4 Å². The Labute approximate surface area is 159 Å². The van der Waals surface area contributed by atoms with Crippen molar-refractivity contribution in [3.05, 3.63) is 30.1 Å². The maximum Gasteiger partial charge on any atom is 0.407 e. The van der Waals surface area contributed by atoms with Crippen LogP contribution >= 0.6 is 0 Å². The Balaban J connectivity index is 1.75. The number of hydrogen-bond donors (Lipinski definition) is 2. The van der Waals surface area contributed by atoms with Gasteiger partial charge in [-0.2, -0.15) is 0 Å². The molecule has 1 atom stereocenters. The van der Waals surface area contributed by atoms with Gasteiger partial charge in [0.15, 0.2) is 5.96 Å². The predicted molar refractivity (Wildman–Crippen MR) is 103 cm³/mol. The first-order chi connectivity index (χ1) is 13.0. The number of hydrogen-bond acceptors (Lipinski definition) is 4. The molecule has 27 heavy (non-hydrogen) atoms. The van der Waals surface area contributed by atoms with Crippen LogP contribution in [0.5, 0.6) is 5.75 Å². The van der Waals surface area contributed by atoms with Crippen LogP contribution < -0.4 is 15.4 Å². The number of guanidine groups is 1. The van der Waals surface area contributed by atoms with Crippen LogP contribution in [0.15, 0.2) is 29.3 Å². The van der Waals surface area contributed by atoms with Gasteiger partial charge in [-0.25, -0.2) is 9.18 Å². The van der Waals surface area contributed by atoms with E-state index in [1.165, 1.54) is 12.1 Å². The van der Waals surface area contributed by atoms with E-state index in [9.17, 15) is 9.18 Å². The number of aliphatic imine (C=N–C) groups is 1. The minimum Gasteiger partial charge on any atom is -0.492 e. The van der Waals surface area contributed by atoms with Crippen molar-refractivity contribution in [2.24, 2.45) is 10.9 Å². The molecule has 2 rings (SSSR count). The Morgan fingerprint density at radius 3 is 2.67 bits per heavy atom. The van der Waals surface area contributed by atoms with Crippen molar-refractivity contribution in [3.8, 4) is 5.75 Å². The number of nitrogens with zero attached hydrogens (tertiary/aromatic N) is 2. The largest absolute Gasteiger partial charge is 0.492 e. The lowest BCUT2D eigenvalue weighted by Gasteiger charge is -2.25. The van der Waals surface area contributed by atoms with Crippen LogP contribution in [0.4, 0.5) is 9.18 Å². The molecular weight excluding hydrogens is 351 g/mol. The first kappa shape index (κ1) is 20.8. The van der Waals surface area contributed by atoms with Gasteiger partial charge >= 0.3 is 6.09 Å². The molecule has 8 heteroatoms. The molecular formula is C19H29FN4O3. The Hall–Kier alpha value is -2.51. The SMILES string of the molecule is CCOC(=O)NC(CNC(=NC)N(C)CCOc1ccc(F)cc1)C1CC1. The average Bonchev–Trinajstić information content (AvgIpc) is 3.48. The molecule has 0 aliphatic heterocycles. The van der Waals surface area contributed by atoms with Crippen molar-refractivity contribution < 1.29 is 18.7 Å². The third-order valence-electron chi connectivity index (χ3n) is 4.33. The fourth-order valence-electron chi connectivity index (χ4n) is 2.68. The molecule has 1 aliphatic rings. The summed E-state index contributed by atoms with van der Waals surface area (Å²) < 4.78 is 23.5. The molecule has 0 aromatic heterocycles. The van der Waals surface area contributed by atoms with Crippen molar-refractivity contribution in [3.63, 3.8) is 0 Å². The van der Waals surface area contributed by atoms with Crippen molar-refractivity contribution in [2.75, 3.05) is 40.4 Å². The van der Waals surface area contributed by atoms with E-state index in [2.05, 4.69) is 15.6 Å². The van der Waals surface area contributed by atoms with Gasteiger partial charge in [-0.05, 0) is 49.9 Å². The van der Waals surface area contributed by atoms with Crippen LogP contribution in [0.1, 0.15) is 19.8 Å². The van der Waals surface area contributed by atoms with Crippen LogP contribution in [0, 0.1) is 11.7 Å². The lowest BCUT2D eigenvalue weighted by molar-refractivity contribution is 0.146. The molecule has 7 nitrogen and oxygen atoms in total. The topological polar surface area (TPSA) is 75.2 Å². The summed E-state index contributed by atoms with van der Waals surface area (Å²) in [7, 11) is 3.62. The number of carbonyl (C=O) groups excluding carboxylic acids is 1. The molecule has 0 bridgehead atoms. The van der Waals surface area contributed by atoms with Gasteiger partial charge in [-0.3, -0.25) is 4.99 Å². The molecule has 1 aromatic rings. The van der Waals surface area contributed by atoms with E-state index in [0.717, 1.165) is 12.8 Å². The summed E-state index contributed by atoms with van der Waals surface area (Å²) in [6, 6.07) is 5.96. The number of halogens is 1. The smallest absolute Gasteiger partial charge is 0.407 e. The quantitative estimate of drug-likeness (QED) is 0.508. The Bertz CT molecular complexity index is 620. The second kappa shape index (κ2) is 10.6. The fourth-order valence-corrected chi connectivity index (χ4v) is 2.68. The molecule has 1 unspecified atom stereocenters. The van der Waals surface area contributed by atoms with Crippen molar-refractivity contribution in [1.29, 1.82) is 0 Å². The number of likely N-dealkylation sites (N-methyl/N-ethyl adjacent to an activating group) is 1. The highest BCUT2D eigenvalue weighted by molar-refractivity contribution is 5.79. The summed E-state index contributed by atoms with van der Waals surface area (Å²) in [6.45, 7) is 3.77. The molecule has 1 amide bonds. The van der Waals surface area contributed by atoms with Gasteiger partial charge in [0.25, 0.3) is 0 Å². The number of alkyl carbamates (subject to hydrolysis) is 1. The van der Waals surface area contributed by atoms with E-state index >= 15 is 0 Å². The lowest BCUT2D eigenvalue weighted by Crippen LogP contribution is -2.49. The number of nitrogens with one attached hydrogen (secondary N) is 2. The fraction of sp³-hybridized carbons (Fsp3) is 0.579. The van der Waals surface area contributed by atoms with E-state index in [-0.39, 0.29) is 18.0 Å². The second-order valence-corrected chi connectivity index (χ2v) is 6.46. The normalized spacial score (nSPS) is 15.0. The molecule has 1 aromatic carbocycles. The zero-order valence-electron chi connectivity index (χ0n) is 16.2. The second-order valence-electron chi connectivity index (χ2n) is 6.46. The van der Waals surface area contributed by atoms with Crippen LogP contribution in [-0.2, 0) is 4.74 Å². The molecule has 0 heterocycles. The van der Waals surface area contributed by atoms with Gasteiger partial charge in [0.05, 0.1) is 19.2 Å². The molecule has 2 N–H and O–H groups in total. The number of benzene rings is 1. The Morgan fingerprint density at radius 2 is 2.07 bits per heavy atom. The van der Waals surface area contributed by atoms with Gasteiger partial charge < -0.3 is 25.0 Å². The van der Waals surface area contributed by atoms with Crippen LogP contribution in [0.3, 0.4) is 0 Å². The average molecular weight is 380 g/mol. The van der Waals surface area contributed by atoms with Gasteiger partial charge in [0.1, 0.15) is 18.2 Å². The first-order valence-corrected chi connectivity index (χ1v) is 9.27. The Morgan fingerprint density at radius 1 is 1.37 bits per heavy atom. The number of carbonyl (C=O) groups is 1. The molecule has 0 radical (unpaired) electrons. The zero-order valence-corrected chi connectivity index (χ0v) is 16.2. The van der Waals surface area contributed by atoms with E-state index in [0.29, 0.717) is 43.9 Å². The zero-order chi connectivity index (χ0) is 19.6. The molecule has 150 valence electrons. The summed E-state index contributed by atoms with van der Waals surface area (Å²) in [5, 5.41) is 6.21. The maximum absolute atomic E-state index is 12.9. The standard InChI is InChI=1S/C19H29FN4O3/c1-4-26-19(25)23-17(14-5-6-14)13-22-18(21-2)24(3)11-12-27-16-9-7-15(20)8-10-16/h7-10,14,17H,4-6,11-13H2,1-3H3,(H,21,22)(H,23,25). The highest BCUT2D eigenvalue weighted by Gasteiger charge is 2.32. The van der Waals surface area contributed by atoms with Crippen molar-refractivity contribution >= 4 is 12.1 Å².